The summed E-state index contributed by atoms with van der Waals surface area (Å²) in [6.45, 7) is 33.8. The molecule has 0 N–H and O–H groups in total. The maximum absolute atomic E-state index is 2.22. The maximum Gasteiger partial charge on any atom is -0.0155 e. The molecule has 0 heterocycles. The summed E-state index contributed by atoms with van der Waals surface area (Å²) in [5, 5.41) is 0. The molecule has 0 radical (unpaired) electrons. The topological polar surface area (TPSA) is 0 Å². The minimum atomic E-state index is 1.29. The molecule has 0 aliphatic heterocycles. The van der Waals surface area contributed by atoms with Gasteiger partial charge in [-0.2, -0.15) is 0 Å². The van der Waals surface area contributed by atoms with Crippen molar-refractivity contribution in [2.24, 2.45) is 0 Å². The molecule has 0 spiro atoms. The molecule has 0 saturated carbocycles. The van der Waals surface area contributed by atoms with Gasteiger partial charge < -0.3 is 0 Å². The molecule has 13 aromatic rings. The largest absolute Gasteiger partial charge is 0.0620 e. The average molecular weight is 1230 g/mol. The molecule has 0 atom stereocenters. The first kappa shape index (κ1) is 72.9. The Morgan fingerprint density at radius 1 is 0.117 bits per heavy atom. The van der Waals surface area contributed by atoms with Crippen LogP contribution in [0.5, 0.6) is 0 Å². The quantitative estimate of drug-likeness (QED) is 0.161. The third-order valence-corrected chi connectivity index (χ3v) is 15.9. The normalized spacial score (nSPS) is 9.91. The van der Waals surface area contributed by atoms with Crippen molar-refractivity contribution in [3.8, 4) is 55.6 Å². The van der Waals surface area contributed by atoms with Gasteiger partial charge in [-0.05, 0) is 183 Å². The van der Waals surface area contributed by atoms with Crippen LogP contribution in [0.25, 0.3) is 55.6 Å². The SMILES string of the molecule is Cc1ccc(-c2ccc(C)cc2)cc1.Cc1ccc(-c2cccc(C)c2)cc1.Cc1ccc(-c2cccc(C)c2)cc1.Cc1ccc(-c2ccccc2C)cc1.Cc1ccc(C)cc1.Cc1cccc(-c2cccc(C)c2)c1.Cc1cccc(C)c1.Cc1ccccc1C. The Bertz CT molecular complexity index is 4060. The lowest BCUT2D eigenvalue weighted by molar-refractivity contribution is 1.34. The maximum atomic E-state index is 2.22. The molecule has 0 bridgehead atoms. The van der Waals surface area contributed by atoms with Crippen molar-refractivity contribution in [2.45, 2.75) is 111 Å². The van der Waals surface area contributed by atoms with Crippen LogP contribution in [0.15, 0.2) is 315 Å². The first-order chi connectivity index (χ1) is 45.2. The van der Waals surface area contributed by atoms with Gasteiger partial charge in [-0.1, -0.05) is 388 Å². The van der Waals surface area contributed by atoms with Crippen LogP contribution in [-0.4, -0.2) is 0 Å². The molecule has 13 aromatic carbocycles. The molecule has 0 unspecified atom stereocenters. The summed E-state index contributed by atoms with van der Waals surface area (Å²) in [6.07, 6.45) is 0. The molecular weight excluding hydrogens is 1130 g/mol. The summed E-state index contributed by atoms with van der Waals surface area (Å²) >= 11 is 0. The Hall–Kier alpha value is -10.1. The Kier molecular flexibility index (Phi) is 30.0. The van der Waals surface area contributed by atoms with Crippen LogP contribution < -0.4 is 0 Å². The van der Waals surface area contributed by atoms with Gasteiger partial charge in [0, 0.05) is 0 Å². The molecule has 0 aliphatic carbocycles. The summed E-state index contributed by atoms with van der Waals surface area (Å²) in [4.78, 5) is 0. The molecule has 0 heteroatoms. The smallest absolute Gasteiger partial charge is 0.0155 e. The van der Waals surface area contributed by atoms with Crippen molar-refractivity contribution >= 4 is 0 Å². The van der Waals surface area contributed by atoms with Crippen molar-refractivity contribution in [3.63, 3.8) is 0 Å². The van der Waals surface area contributed by atoms with Crippen LogP contribution in [0.1, 0.15) is 89.0 Å². The minimum Gasteiger partial charge on any atom is -0.0620 e. The first-order valence-corrected chi connectivity index (χ1v) is 32.9. The second-order valence-electron chi connectivity index (χ2n) is 25.0. The van der Waals surface area contributed by atoms with E-state index < -0.39 is 0 Å². The Morgan fingerprint density at radius 3 is 0.532 bits per heavy atom. The van der Waals surface area contributed by atoms with Gasteiger partial charge in [-0.3, -0.25) is 0 Å². The van der Waals surface area contributed by atoms with Crippen LogP contribution >= 0.6 is 0 Å². The van der Waals surface area contributed by atoms with Gasteiger partial charge in [-0.15, -0.1) is 0 Å². The summed E-state index contributed by atoms with van der Waals surface area (Å²) in [5.41, 5.74) is 34.1. The number of hydrogen-bond donors (Lipinski definition) is 0. The lowest BCUT2D eigenvalue weighted by Gasteiger charge is -2.05. The molecule has 0 saturated heterocycles. The second-order valence-corrected chi connectivity index (χ2v) is 25.0. The zero-order valence-corrected chi connectivity index (χ0v) is 59.0. The van der Waals surface area contributed by atoms with E-state index in [0.717, 1.165) is 0 Å². The zero-order valence-electron chi connectivity index (χ0n) is 59.0. The summed E-state index contributed by atoms with van der Waals surface area (Å²) in [6, 6.07) is 111. The van der Waals surface area contributed by atoms with Gasteiger partial charge in [0.05, 0.1) is 0 Å². The van der Waals surface area contributed by atoms with Crippen LogP contribution in [0, 0.1) is 111 Å². The van der Waals surface area contributed by atoms with Gasteiger partial charge >= 0.3 is 0 Å². The van der Waals surface area contributed by atoms with E-state index >= 15 is 0 Å². The number of hydrogen-bond acceptors (Lipinski definition) is 0. The molecule has 0 fully saturated rings. The first-order valence-electron chi connectivity index (χ1n) is 32.9. The molecule has 0 nitrogen and oxygen atoms in total. The van der Waals surface area contributed by atoms with Crippen molar-refractivity contribution in [1.29, 1.82) is 0 Å². The van der Waals surface area contributed by atoms with Crippen LogP contribution in [0.2, 0.25) is 0 Å². The lowest BCUT2D eigenvalue weighted by Crippen LogP contribution is -1.82. The summed E-state index contributed by atoms with van der Waals surface area (Å²) in [7, 11) is 0. The monoisotopic (exact) mass is 1230 g/mol. The highest BCUT2D eigenvalue weighted by molar-refractivity contribution is 5.69. The van der Waals surface area contributed by atoms with Crippen LogP contribution in [0.3, 0.4) is 0 Å². The van der Waals surface area contributed by atoms with E-state index in [1.807, 2.05) is 0 Å². The van der Waals surface area contributed by atoms with E-state index in [4.69, 9.17) is 0 Å². The third kappa shape index (κ3) is 26.6. The van der Waals surface area contributed by atoms with Crippen LogP contribution in [0.4, 0.5) is 0 Å². The molecule has 0 amide bonds. The fraction of sp³-hybridized carbons (Fsp3) is 0.170. The fourth-order valence-corrected chi connectivity index (χ4v) is 10.0. The van der Waals surface area contributed by atoms with Crippen molar-refractivity contribution < 1.29 is 0 Å². The highest BCUT2D eigenvalue weighted by Crippen LogP contribution is 2.26. The predicted molar refractivity (Wildman–Crippen MR) is 415 cm³/mol. The lowest BCUT2D eigenvalue weighted by atomic mass is 10.00. The predicted octanol–water partition coefficient (Wildman–Crippen LogP) is 26.8. The molecule has 0 aliphatic rings. The van der Waals surface area contributed by atoms with E-state index in [-0.39, 0.29) is 0 Å². The standard InChI is InChI=1S/5C14H14.3C8H10/c1-11-3-7-13(8-4-11)14-9-5-12(2)6-10-14;1-11-5-3-7-13(9-11)14-8-4-6-12(2)10-14;2*1-11-6-8-13(9-7-11)14-5-3-4-12(2)10-14;1-11-7-9-13(10-8-11)14-6-4-3-5-12(14)2;1-7-3-5-8(2)6-4-7;1-7-4-3-5-8(2)6-7;1-7-5-3-4-6-8(7)2/h5*3-10H,1-2H3;3*3-6H,1-2H3. The van der Waals surface area contributed by atoms with E-state index in [2.05, 4.69) is 426 Å². The van der Waals surface area contributed by atoms with Gasteiger partial charge in [-0.25, -0.2) is 0 Å². The van der Waals surface area contributed by atoms with Gasteiger partial charge in [0.25, 0.3) is 0 Å². The average Bonchev–Trinajstić information content (AvgIpc) is 1.02. The molecule has 0 aromatic heterocycles. The fourth-order valence-electron chi connectivity index (χ4n) is 10.0. The second kappa shape index (κ2) is 38.6. The Balaban J connectivity index is 0.000000172. The summed E-state index contributed by atoms with van der Waals surface area (Å²) < 4.78 is 0. The molecular formula is C94H100. The van der Waals surface area contributed by atoms with Gasteiger partial charge in [0.15, 0.2) is 0 Å². The number of rotatable bonds is 5. The van der Waals surface area contributed by atoms with E-state index in [0.29, 0.717) is 0 Å². The molecule has 13 rings (SSSR count). The van der Waals surface area contributed by atoms with E-state index in [1.165, 1.54) is 145 Å². The zero-order chi connectivity index (χ0) is 67.8. The van der Waals surface area contributed by atoms with Crippen LogP contribution in [-0.2, 0) is 0 Å². The van der Waals surface area contributed by atoms with E-state index in [9.17, 15) is 0 Å². The summed E-state index contributed by atoms with van der Waals surface area (Å²) in [5.74, 6) is 0. The molecule has 94 heavy (non-hydrogen) atoms. The van der Waals surface area contributed by atoms with E-state index in [1.54, 1.807) is 0 Å². The van der Waals surface area contributed by atoms with Crippen molar-refractivity contribution in [3.05, 3.63) is 404 Å². The highest BCUT2D eigenvalue weighted by Gasteiger charge is 2.02. The Morgan fingerprint density at radius 2 is 0.309 bits per heavy atom. The minimum absolute atomic E-state index is 1.29. The van der Waals surface area contributed by atoms with Gasteiger partial charge in [0.1, 0.15) is 0 Å². The molecule has 476 valence electrons. The van der Waals surface area contributed by atoms with Crippen molar-refractivity contribution in [1.82, 2.24) is 0 Å². The van der Waals surface area contributed by atoms with Crippen molar-refractivity contribution in [2.75, 3.05) is 0 Å². The highest BCUT2D eigenvalue weighted by atomic mass is 14.1. The number of benzene rings is 13. The van der Waals surface area contributed by atoms with Gasteiger partial charge in [0.2, 0.25) is 0 Å². The number of aryl methyl sites for hydroxylation is 16. The third-order valence-electron chi connectivity index (χ3n) is 15.9. The Labute approximate surface area is 567 Å².